The van der Waals surface area contributed by atoms with Gasteiger partial charge in [-0.2, -0.15) is 0 Å². The molecule has 0 saturated heterocycles. The van der Waals surface area contributed by atoms with Crippen LogP contribution in [-0.4, -0.2) is 47.4 Å². The van der Waals surface area contributed by atoms with Gasteiger partial charge < -0.3 is 29.0 Å². The van der Waals surface area contributed by atoms with Gasteiger partial charge in [-0.3, -0.25) is 9.13 Å². The zero-order valence-corrected chi connectivity index (χ0v) is 19.9. The molecule has 0 aliphatic heterocycles. The SMILES string of the molecule is COP(=O)(O)C(O)(CO[P+](=O)OCC(O)(c1ccccc1)P(=O)(O)OC)c1ccccc1. The lowest BCUT2D eigenvalue weighted by atomic mass is 10.1. The van der Waals surface area contributed by atoms with Crippen molar-refractivity contribution in [1.29, 1.82) is 0 Å². The largest absolute Gasteiger partial charge is 0.697 e. The minimum Gasteiger partial charge on any atom is -0.371 e. The van der Waals surface area contributed by atoms with Crippen molar-refractivity contribution in [3.63, 3.8) is 0 Å². The minimum atomic E-state index is -4.71. The van der Waals surface area contributed by atoms with E-state index in [-0.39, 0.29) is 11.1 Å². The first kappa shape index (κ1) is 26.9. The first-order chi connectivity index (χ1) is 14.9. The summed E-state index contributed by atoms with van der Waals surface area (Å²) in [5.74, 6) is 0. The molecule has 11 nitrogen and oxygen atoms in total. The van der Waals surface area contributed by atoms with E-state index in [0.29, 0.717) is 0 Å². The maximum absolute atomic E-state index is 12.4. The minimum absolute atomic E-state index is 0.0453. The van der Waals surface area contributed by atoms with Crippen LogP contribution >= 0.6 is 23.4 Å². The standard InChI is InChI=1S/C18H23O11P3/c1-26-31(22,23)17(19,15-9-5-3-6-10-15)13-28-30(21)29-14-18(20,32(24,25)27-2)16-11-7-4-8-12-16/h3-12,19-20H,13-14H2,1-2H3,(H-,22,23,24,25)/p+1. The Morgan fingerprint density at radius 1 is 0.750 bits per heavy atom. The number of hydrogen-bond acceptors (Lipinski definition) is 9. The summed E-state index contributed by atoms with van der Waals surface area (Å²) in [4.78, 5) is 20.2. The molecule has 32 heavy (non-hydrogen) atoms. The van der Waals surface area contributed by atoms with Gasteiger partial charge in [0.15, 0.2) is 13.2 Å². The van der Waals surface area contributed by atoms with Crippen molar-refractivity contribution in [3.05, 3.63) is 71.8 Å². The van der Waals surface area contributed by atoms with Crippen LogP contribution in [0.25, 0.3) is 0 Å². The van der Waals surface area contributed by atoms with Crippen LogP contribution < -0.4 is 0 Å². The van der Waals surface area contributed by atoms with Gasteiger partial charge in [0.05, 0.1) is 0 Å². The molecule has 0 aromatic heterocycles. The fourth-order valence-corrected chi connectivity index (χ4v) is 5.56. The predicted octanol–water partition coefficient (Wildman–Crippen LogP) is 3.03. The van der Waals surface area contributed by atoms with E-state index in [2.05, 4.69) is 9.05 Å². The third-order valence-electron chi connectivity index (χ3n) is 4.64. The number of rotatable bonds is 12. The Bertz CT molecular complexity index is 924. The molecular weight excluding hydrogens is 485 g/mol. The molecule has 0 spiro atoms. The van der Waals surface area contributed by atoms with E-state index in [1.165, 1.54) is 48.5 Å². The van der Waals surface area contributed by atoms with E-state index in [0.717, 1.165) is 14.2 Å². The average molecular weight is 509 g/mol. The zero-order valence-electron chi connectivity index (χ0n) is 17.2. The van der Waals surface area contributed by atoms with Crippen molar-refractivity contribution >= 4 is 23.4 Å². The molecule has 0 aliphatic carbocycles. The lowest BCUT2D eigenvalue weighted by Gasteiger charge is -2.29. The van der Waals surface area contributed by atoms with Crippen LogP contribution in [0.1, 0.15) is 11.1 Å². The second-order valence-electron chi connectivity index (χ2n) is 6.54. The molecular formula is C18H24O11P3+. The van der Waals surface area contributed by atoms with Crippen molar-refractivity contribution in [1.82, 2.24) is 0 Å². The maximum atomic E-state index is 12.4. The van der Waals surface area contributed by atoms with E-state index in [9.17, 15) is 33.7 Å². The van der Waals surface area contributed by atoms with Gasteiger partial charge in [0, 0.05) is 18.8 Å². The lowest BCUT2D eigenvalue weighted by Crippen LogP contribution is -2.32. The van der Waals surface area contributed by atoms with Gasteiger partial charge in [-0.1, -0.05) is 60.7 Å². The number of hydrogen-bond donors (Lipinski definition) is 4. The van der Waals surface area contributed by atoms with E-state index < -0.39 is 47.3 Å². The molecule has 4 N–H and O–H groups in total. The van der Waals surface area contributed by atoms with E-state index >= 15 is 0 Å². The van der Waals surface area contributed by atoms with Gasteiger partial charge in [-0.05, 0) is 11.1 Å². The van der Waals surface area contributed by atoms with E-state index in [4.69, 9.17) is 9.05 Å². The summed E-state index contributed by atoms with van der Waals surface area (Å²) >= 11 is 0. The topological polar surface area (TPSA) is 169 Å². The fraction of sp³-hybridized carbons (Fsp3) is 0.333. The van der Waals surface area contributed by atoms with Gasteiger partial charge in [0.1, 0.15) is 0 Å². The van der Waals surface area contributed by atoms with Gasteiger partial charge in [0.25, 0.3) is 0 Å². The highest BCUT2D eigenvalue weighted by Crippen LogP contribution is 2.61. The molecule has 0 aliphatic rings. The molecule has 0 saturated carbocycles. The molecule has 0 radical (unpaired) electrons. The van der Waals surface area contributed by atoms with Gasteiger partial charge in [0.2, 0.25) is 10.7 Å². The van der Waals surface area contributed by atoms with Crippen LogP contribution in [0.3, 0.4) is 0 Å². The smallest absolute Gasteiger partial charge is 0.371 e. The van der Waals surface area contributed by atoms with E-state index in [1.54, 1.807) is 12.1 Å². The third kappa shape index (κ3) is 5.59. The molecule has 0 fully saturated rings. The lowest BCUT2D eigenvalue weighted by molar-refractivity contribution is 0.0151. The Balaban J connectivity index is 2.20. The highest BCUT2D eigenvalue weighted by Gasteiger charge is 2.53. The summed E-state index contributed by atoms with van der Waals surface area (Å²) in [7, 11) is -10.7. The summed E-state index contributed by atoms with van der Waals surface area (Å²) in [6, 6.07) is 14.6. The molecule has 176 valence electrons. The van der Waals surface area contributed by atoms with Crippen molar-refractivity contribution in [3.8, 4) is 0 Å². The molecule has 2 aromatic rings. The number of benzene rings is 2. The van der Waals surface area contributed by atoms with Crippen LogP contribution in [-0.2, 0) is 42.5 Å². The van der Waals surface area contributed by atoms with Crippen molar-refractivity contribution in [2.45, 2.75) is 10.7 Å². The van der Waals surface area contributed by atoms with Crippen molar-refractivity contribution in [2.24, 2.45) is 0 Å². The predicted molar refractivity (Wildman–Crippen MR) is 114 cm³/mol. The Hall–Kier alpha value is -1.32. The molecule has 0 bridgehead atoms. The summed E-state index contributed by atoms with van der Waals surface area (Å²) in [5, 5.41) is 16.5. The second kappa shape index (κ2) is 10.7. The normalized spacial score (nSPS) is 19.8. The Morgan fingerprint density at radius 2 is 1.06 bits per heavy atom. The van der Waals surface area contributed by atoms with Crippen LogP contribution in [0, 0.1) is 0 Å². The van der Waals surface area contributed by atoms with Crippen molar-refractivity contribution in [2.75, 3.05) is 27.4 Å². The molecule has 0 amide bonds. The quantitative estimate of drug-likeness (QED) is 0.310. The summed E-state index contributed by atoms with van der Waals surface area (Å²) < 4.78 is 56.1. The molecule has 4 unspecified atom stereocenters. The van der Waals surface area contributed by atoms with Crippen LogP contribution in [0.5, 0.6) is 0 Å². The van der Waals surface area contributed by atoms with Crippen molar-refractivity contribution < 1.29 is 51.8 Å². The third-order valence-corrected chi connectivity index (χ3v) is 8.96. The summed E-state index contributed by atoms with van der Waals surface area (Å²) in [6.07, 6.45) is 0. The molecule has 2 rings (SSSR count). The molecule has 4 atom stereocenters. The van der Waals surface area contributed by atoms with Gasteiger partial charge in [-0.15, -0.1) is 9.05 Å². The van der Waals surface area contributed by atoms with Crippen LogP contribution in [0.4, 0.5) is 0 Å². The Labute approximate surface area is 185 Å². The fourth-order valence-electron chi connectivity index (χ4n) is 2.69. The Morgan fingerprint density at radius 3 is 1.34 bits per heavy atom. The first-order valence-electron chi connectivity index (χ1n) is 8.99. The highest BCUT2D eigenvalue weighted by atomic mass is 31.2. The van der Waals surface area contributed by atoms with Crippen LogP contribution in [0.2, 0.25) is 0 Å². The monoisotopic (exact) mass is 509 g/mol. The molecule has 0 heterocycles. The Kier molecular flexibility index (Phi) is 9.04. The van der Waals surface area contributed by atoms with Gasteiger partial charge in [-0.25, -0.2) is 0 Å². The van der Waals surface area contributed by atoms with Crippen LogP contribution in [0.15, 0.2) is 60.7 Å². The van der Waals surface area contributed by atoms with Gasteiger partial charge >= 0.3 is 23.4 Å². The molecule has 2 aromatic carbocycles. The highest BCUT2D eigenvalue weighted by molar-refractivity contribution is 7.54. The summed E-state index contributed by atoms with van der Waals surface area (Å²) in [6.45, 7) is -1.97. The molecule has 14 heteroatoms. The van der Waals surface area contributed by atoms with E-state index in [1.807, 2.05) is 0 Å². The first-order valence-corrected chi connectivity index (χ1v) is 13.2. The summed E-state index contributed by atoms with van der Waals surface area (Å²) in [5.41, 5.74) is -0.0905. The number of aliphatic hydroxyl groups is 2. The second-order valence-corrected chi connectivity index (χ2v) is 11.8. The maximum Gasteiger partial charge on any atom is 0.697 e. The average Bonchev–Trinajstić information content (AvgIpc) is 2.81. The zero-order chi connectivity index (χ0) is 24.0.